The fourth-order valence-corrected chi connectivity index (χ4v) is 1.65. The van der Waals surface area contributed by atoms with Crippen LogP contribution in [0.2, 0.25) is 0 Å². The Labute approximate surface area is 83.4 Å². The van der Waals surface area contributed by atoms with Crippen LogP contribution in [0.15, 0.2) is 0 Å². The van der Waals surface area contributed by atoms with E-state index in [1.165, 1.54) is 0 Å². The molecule has 1 atom stereocenters. The molecule has 0 spiro atoms. The topological polar surface area (TPSA) is 49.3 Å². The molecular weight excluding hydrogens is 186 g/mol. The van der Waals surface area contributed by atoms with Crippen molar-refractivity contribution in [3.05, 3.63) is 0 Å². The van der Waals surface area contributed by atoms with Gasteiger partial charge < -0.3 is 10.4 Å². The summed E-state index contributed by atoms with van der Waals surface area (Å²) in [4.78, 5) is 0. The minimum Gasteiger partial charge on any atom is -0.396 e. The van der Waals surface area contributed by atoms with Crippen LogP contribution in [0.4, 0.5) is 0 Å². The number of aliphatic hydroxyl groups excluding tert-OH is 1. The van der Waals surface area contributed by atoms with E-state index < -0.39 is 10.8 Å². The highest BCUT2D eigenvalue weighted by Gasteiger charge is 1.94. The highest BCUT2D eigenvalue weighted by Crippen LogP contribution is 1.91. The van der Waals surface area contributed by atoms with Crippen molar-refractivity contribution in [3.8, 4) is 0 Å². The molecule has 0 aromatic carbocycles. The van der Waals surface area contributed by atoms with Crippen molar-refractivity contribution in [3.63, 3.8) is 0 Å². The molecule has 0 aliphatic rings. The van der Waals surface area contributed by atoms with E-state index in [0.29, 0.717) is 6.61 Å². The van der Waals surface area contributed by atoms with Gasteiger partial charge in [0.05, 0.1) is 0 Å². The summed E-state index contributed by atoms with van der Waals surface area (Å²) in [5.74, 6) is 1.52. The van der Waals surface area contributed by atoms with Crippen molar-refractivity contribution >= 4 is 10.8 Å². The first-order valence-electron chi connectivity index (χ1n) is 4.97. The molecule has 80 valence electrons. The van der Waals surface area contributed by atoms with Gasteiger partial charge in [-0.3, -0.25) is 4.21 Å². The minimum absolute atomic E-state index is 0.292. The Bertz CT molecular complexity index is 131. The second-order valence-corrected chi connectivity index (χ2v) is 4.83. The molecule has 1 unspecified atom stereocenters. The third-order valence-corrected chi connectivity index (χ3v) is 3.14. The Morgan fingerprint density at radius 2 is 2.00 bits per heavy atom. The Kier molecular flexibility index (Phi) is 10.2. The lowest BCUT2D eigenvalue weighted by molar-refractivity contribution is 0.283. The van der Waals surface area contributed by atoms with Crippen molar-refractivity contribution in [2.24, 2.45) is 0 Å². The fourth-order valence-electron chi connectivity index (χ4n) is 0.994. The van der Waals surface area contributed by atoms with Crippen LogP contribution in [0.25, 0.3) is 0 Å². The second-order valence-electron chi connectivity index (χ2n) is 2.97. The van der Waals surface area contributed by atoms with E-state index in [-0.39, 0.29) is 0 Å². The number of hydrogen-bond donors (Lipinski definition) is 2. The lowest BCUT2D eigenvalue weighted by Gasteiger charge is -2.03. The number of unbranched alkanes of at least 4 members (excludes halogenated alkanes) is 2. The molecule has 0 aromatic rings. The van der Waals surface area contributed by atoms with Gasteiger partial charge in [0, 0.05) is 35.5 Å². The molecule has 0 aliphatic heterocycles. The first-order chi connectivity index (χ1) is 6.31. The van der Waals surface area contributed by atoms with Crippen molar-refractivity contribution in [1.82, 2.24) is 5.32 Å². The van der Waals surface area contributed by atoms with Crippen molar-refractivity contribution < 1.29 is 9.32 Å². The molecule has 0 saturated heterocycles. The van der Waals surface area contributed by atoms with Crippen LogP contribution in [-0.2, 0) is 10.8 Å². The van der Waals surface area contributed by atoms with Gasteiger partial charge in [0.15, 0.2) is 0 Å². The molecule has 0 rings (SSSR count). The van der Waals surface area contributed by atoms with E-state index in [4.69, 9.17) is 5.11 Å². The fraction of sp³-hybridized carbons (Fsp3) is 1.00. The van der Waals surface area contributed by atoms with Crippen molar-refractivity contribution in [1.29, 1.82) is 0 Å². The summed E-state index contributed by atoms with van der Waals surface area (Å²) in [5.41, 5.74) is 0. The van der Waals surface area contributed by atoms with E-state index in [9.17, 15) is 4.21 Å². The molecule has 0 aliphatic carbocycles. The predicted molar refractivity (Wildman–Crippen MR) is 57.4 cm³/mol. The first-order valence-corrected chi connectivity index (χ1v) is 6.46. The molecule has 0 saturated carbocycles. The smallest absolute Gasteiger partial charge is 0.0431 e. The van der Waals surface area contributed by atoms with Crippen LogP contribution in [-0.4, -0.2) is 40.5 Å². The summed E-state index contributed by atoms with van der Waals surface area (Å²) >= 11 is 0. The monoisotopic (exact) mass is 207 g/mol. The Morgan fingerprint density at radius 1 is 1.23 bits per heavy atom. The normalized spacial score (nSPS) is 13.1. The molecule has 0 radical (unpaired) electrons. The van der Waals surface area contributed by atoms with Gasteiger partial charge in [0.1, 0.15) is 0 Å². The van der Waals surface area contributed by atoms with Gasteiger partial charge >= 0.3 is 0 Å². The standard InChI is InChI=1S/C9H21NO2S/c1-2-13(12)9-7-10-6-4-3-5-8-11/h10-11H,2-9H2,1H3. The SMILES string of the molecule is CCS(=O)CCNCCCCCO. The molecule has 0 aromatic heterocycles. The maximum Gasteiger partial charge on any atom is 0.0431 e. The molecule has 2 N–H and O–H groups in total. The molecule has 0 heterocycles. The third-order valence-electron chi connectivity index (χ3n) is 1.84. The second kappa shape index (κ2) is 10.2. The van der Waals surface area contributed by atoms with Gasteiger partial charge in [0.25, 0.3) is 0 Å². The molecule has 0 bridgehead atoms. The maximum atomic E-state index is 11.0. The Morgan fingerprint density at radius 3 is 2.62 bits per heavy atom. The van der Waals surface area contributed by atoms with E-state index in [1.807, 2.05) is 6.92 Å². The van der Waals surface area contributed by atoms with Gasteiger partial charge in [-0.25, -0.2) is 0 Å². The van der Waals surface area contributed by atoms with Gasteiger partial charge in [-0.1, -0.05) is 6.92 Å². The van der Waals surface area contributed by atoms with Crippen LogP contribution in [0.5, 0.6) is 0 Å². The predicted octanol–water partition coefficient (Wildman–Crippen LogP) is 0.507. The summed E-state index contributed by atoms with van der Waals surface area (Å²) in [6, 6.07) is 0. The number of hydrogen-bond acceptors (Lipinski definition) is 3. The zero-order chi connectivity index (χ0) is 9.94. The summed E-state index contributed by atoms with van der Waals surface area (Å²) in [5, 5.41) is 11.7. The number of nitrogens with one attached hydrogen (secondary N) is 1. The molecule has 0 amide bonds. The Hall–Kier alpha value is 0.0700. The van der Waals surface area contributed by atoms with Crippen molar-refractivity contribution in [2.45, 2.75) is 26.2 Å². The van der Waals surface area contributed by atoms with Gasteiger partial charge in [0.2, 0.25) is 0 Å². The van der Waals surface area contributed by atoms with Crippen LogP contribution in [0.1, 0.15) is 26.2 Å². The molecule has 4 heteroatoms. The first kappa shape index (κ1) is 13.1. The van der Waals surface area contributed by atoms with E-state index in [2.05, 4.69) is 5.32 Å². The van der Waals surface area contributed by atoms with E-state index in [1.54, 1.807) is 0 Å². The Balaban J connectivity index is 2.95. The van der Waals surface area contributed by atoms with Gasteiger partial charge in [-0.15, -0.1) is 0 Å². The lowest BCUT2D eigenvalue weighted by Crippen LogP contribution is -2.22. The quantitative estimate of drug-likeness (QED) is 0.542. The molecule has 13 heavy (non-hydrogen) atoms. The zero-order valence-electron chi connectivity index (χ0n) is 8.42. The summed E-state index contributed by atoms with van der Waals surface area (Å²) in [6.45, 7) is 4.05. The molecule has 0 fully saturated rings. The maximum absolute atomic E-state index is 11.0. The molecular formula is C9H21NO2S. The largest absolute Gasteiger partial charge is 0.396 e. The summed E-state index contributed by atoms with van der Waals surface area (Å²) < 4.78 is 11.0. The molecule has 3 nitrogen and oxygen atoms in total. The van der Waals surface area contributed by atoms with Crippen LogP contribution >= 0.6 is 0 Å². The van der Waals surface area contributed by atoms with E-state index in [0.717, 1.165) is 43.9 Å². The number of aliphatic hydroxyl groups is 1. The summed E-state index contributed by atoms with van der Waals surface area (Å²) in [6.07, 6.45) is 3.06. The van der Waals surface area contributed by atoms with Crippen LogP contribution in [0.3, 0.4) is 0 Å². The van der Waals surface area contributed by atoms with Crippen molar-refractivity contribution in [2.75, 3.05) is 31.2 Å². The minimum atomic E-state index is -0.638. The highest BCUT2D eigenvalue weighted by atomic mass is 32.2. The lowest BCUT2D eigenvalue weighted by atomic mass is 10.2. The third kappa shape index (κ3) is 9.99. The average molecular weight is 207 g/mol. The van der Waals surface area contributed by atoms with Gasteiger partial charge in [-0.2, -0.15) is 0 Å². The van der Waals surface area contributed by atoms with Gasteiger partial charge in [-0.05, 0) is 25.8 Å². The average Bonchev–Trinajstić information content (AvgIpc) is 2.16. The van der Waals surface area contributed by atoms with E-state index >= 15 is 0 Å². The van der Waals surface area contributed by atoms with Crippen LogP contribution < -0.4 is 5.32 Å². The number of rotatable bonds is 9. The summed E-state index contributed by atoms with van der Waals surface area (Å²) in [7, 11) is -0.638. The highest BCUT2D eigenvalue weighted by molar-refractivity contribution is 7.84. The zero-order valence-corrected chi connectivity index (χ0v) is 9.24. The van der Waals surface area contributed by atoms with Crippen LogP contribution in [0, 0.1) is 0 Å².